The molecule has 0 unspecified atom stereocenters. The molecule has 1 fully saturated rings. The number of hydrogen-bond acceptors (Lipinski definition) is 4. The molecule has 4 N–H and O–H groups in total. The van der Waals surface area contributed by atoms with E-state index in [9.17, 15) is 0 Å². The molecule has 1 aliphatic rings. The summed E-state index contributed by atoms with van der Waals surface area (Å²) in [5.41, 5.74) is 2.77. The maximum atomic E-state index is 8.83. The van der Waals surface area contributed by atoms with E-state index in [0.717, 1.165) is 18.4 Å². The van der Waals surface area contributed by atoms with Crippen LogP contribution in [-0.4, -0.2) is 43.9 Å². The van der Waals surface area contributed by atoms with Gasteiger partial charge in [0.2, 0.25) is 0 Å². The van der Waals surface area contributed by atoms with Gasteiger partial charge in [0.15, 0.2) is 5.96 Å². The van der Waals surface area contributed by atoms with Crippen molar-refractivity contribution in [2.24, 2.45) is 10.9 Å². The molecule has 0 aromatic carbocycles. The number of guanidine groups is 1. The van der Waals surface area contributed by atoms with E-state index < -0.39 is 0 Å². The lowest BCUT2D eigenvalue weighted by molar-refractivity contribution is 0.111. The fourth-order valence-corrected chi connectivity index (χ4v) is 1.67. The van der Waals surface area contributed by atoms with Crippen molar-refractivity contribution in [1.82, 2.24) is 16.1 Å². The molecule has 1 rings (SSSR count). The Hall–Kier alpha value is -1.27. The third-order valence-corrected chi connectivity index (χ3v) is 2.92. The van der Waals surface area contributed by atoms with Gasteiger partial charge in [-0.2, -0.15) is 5.48 Å². The number of aliphatic hydroxyl groups is 1. The van der Waals surface area contributed by atoms with E-state index in [-0.39, 0.29) is 6.61 Å². The molecule has 110 valence electrons. The molecule has 0 bridgehead atoms. The molecule has 1 saturated carbocycles. The Kier molecular flexibility index (Phi) is 8.00. The van der Waals surface area contributed by atoms with Crippen LogP contribution in [0.4, 0.5) is 0 Å². The van der Waals surface area contributed by atoms with Crippen molar-refractivity contribution in [3.8, 4) is 0 Å². The summed E-state index contributed by atoms with van der Waals surface area (Å²) in [5, 5.41) is 15.2. The molecule has 6 nitrogen and oxygen atoms in total. The van der Waals surface area contributed by atoms with Gasteiger partial charge >= 0.3 is 0 Å². The Labute approximate surface area is 115 Å². The van der Waals surface area contributed by atoms with Crippen molar-refractivity contribution in [2.45, 2.75) is 26.2 Å². The number of aliphatic imine (C=N–C) groups is 1. The number of nitrogens with zero attached hydrogens (tertiary/aromatic N) is 1. The maximum Gasteiger partial charge on any atom is 0.191 e. The third-order valence-electron chi connectivity index (χ3n) is 2.92. The second-order valence-corrected chi connectivity index (χ2v) is 4.76. The maximum absolute atomic E-state index is 8.83. The number of hydroxylamine groups is 1. The summed E-state index contributed by atoms with van der Waals surface area (Å²) in [6.45, 7) is 8.17. The van der Waals surface area contributed by atoms with Crippen LogP contribution in [0.15, 0.2) is 17.3 Å². The summed E-state index contributed by atoms with van der Waals surface area (Å²) < 4.78 is 0. The normalized spacial score (nSPS) is 15.8. The first-order valence-corrected chi connectivity index (χ1v) is 6.90. The fraction of sp³-hybridized carbons (Fsp3) is 0.769. The topological polar surface area (TPSA) is 77.9 Å². The number of allylic oxidation sites excluding steroid dienone is 1. The van der Waals surface area contributed by atoms with Crippen molar-refractivity contribution in [3.63, 3.8) is 0 Å². The Morgan fingerprint density at radius 2 is 2.16 bits per heavy atom. The van der Waals surface area contributed by atoms with Crippen molar-refractivity contribution >= 4 is 5.96 Å². The molecule has 0 atom stereocenters. The second-order valence-electron chi connectivity index (χ2n) is 4.76. The number of aliphatic hydroxyl groups excluding tert-OH is 1. The number of hydrogen-bond donors (Lipinski definition) is 4. The fourth-order valence-electron chi connectivity index (χ4n) is 1.67. The van der Waals surface area contributed by atoms with Crippen LogP contribution in [-0.2, 0) is 4.84 Å². The predicted octanol–water partition coefficient (Wildman–Crippen LogP) is 0.369. The van der Waals surface area contributed by atoms with Crippen LogP contribution in [0.25, 0.3) is 0 Å². The van der Waals surface area contributed by atoms with E-state index in [4.69, 9.17) is 9.94 Å². The van der Waals surface area contributed by atoms with E-state index in [2.05, 4.69) is 27.7 Å². The molecule has 0 amide bonds. The molecular weight excluding hydrogens is 244 g/mol. The highest BCUT2D eigenvalue weighted by Gasteiger charge is 2.17. The van der Waals surface area contributed by atoms with Gasteiger partial charge < -0.3 is 20.6 Å². The molecule has 0 spiro atoms. The summed E-state index contributed by atoms with van der Waals surface area (Å²) in [6.07, 6.45) is 3.94. The van der Waals surface area contributed by atoms with Crippen molar-refractivity contribution in [2.75, 3.05) is 32.8 Å². The lowest BCUT2D eigenvalue weighted by Gasteiger charge is -2.26. The van der Waals surface area contributed by atoms with Crippen LogP contribution >= 0.6 is 0 Å². The number of nitrogens with one attached hydrogen (secondary N) is 3. The molecule has 6 heteroatoms. The molecule has 0 radical (unpaired) electrons. The van der Waals surface area contributed by atoms with Gasteiger partial charge in [0.25, 0.3) is 0 Å². The third kappa shape index (κ3) is 7.69. The largest absolute Gasteiger partial charge is 0.414 e. The van der Waals surface area contributed by atoms with Crippen LogP contribution in [0.5, 0.6) is 0 Å². The Balaban J connectivity index is 2.19. The standard InChI is InChI=1S/C13H26N4O2/c1-11(2)19-17-7-6-14-13(15-8-9-18)16-10-12-4-3-5-12/h12,17-18H,1,3-10H2,2H3,(H2,14,15,16). The van der Waals surface area contributed by atoms with E-state index in [0.29, 0.717) is 25.4 Å². The molecule has 0 heterocycles. The minimum atomic E-state index is 0.0984. The molecule has 0 aromatic heterocycles. The Morgan fingerprint density at radius 1 is 1.37 bits per heavy atom. The van der Waals surface area contributed by atoms with Gasteiger partial charge in [0, 0.05) is 13.1 Å². The summed E-state index contributed by atoms with van der Waals surface area (Å²) in [7, 11) is 0. The van der Waals surface area contributed by atoms with Crippen molar-refractivity contribution < 1.29 is 9.94 Å². The molecule has 19 heavy (non-hydrogen) atoms. The molecule has 0 aliphatic heterocycles. The quantitative estimate of drug-likeness (QED) is 0.160. The zero-order valence-corrected chi connectivity index (χ0v) is 11.7. The van der Waals surface area contributed by atoms with Crippen molar-refractivity contribution in [3.05, 3.63) is 12.3 Å². The number of rotatable bonds is 9. The van der Waals surface area contributed by atoms with Gasteiger partial charge in [0.05, 0.1) is 19.7 Å². The first-order chi connectivity index (χ1) is 9.22. The highest BCUT2D eigenvalue weighted by molar-refractivity contribution is 5.79. The second kappa shape index (κ2) is 9.63. The summed E-state index contributed by atoms with van der Waals surface area (Å²) in [5.74, 6) is 2.15. The van der Waals surface area contributed by atoms with Crippen molar-refractivity contribution in [1.29, 1.82) is 0 Å². The zero-order chi connectivity index (χ0) is 13.9. The van der Waals surface area contributed by atoms with Crippen LogP contribution < -0.4 is 16.1 Å². The van der Waals surface area contributed by atoms with Gasteiger partial charge in [-0.25, -0.2) is 0 Å². The lowest BCUT2D eigenvalue weighted by Crippen LogP contribution is -2.42. The minimum Gasteiger partial charge on any atom is -0.414 e. The van der Waals surface area contributed by atoms with Crippen LogP contribution in [0.3, 0.4) is 0 Å². The van der Waals surface area contributed by atoms with Gasteiger partial charge in [-0.3, -0.25) is 4.99 Å². The lowest BCUT2D eigenvalue weighted by atomic mass is 9.85. The van der Waals surface area contributed by atoms with Gasteiger partial charge in [-0.15, -0.1) is 0 Å². The average Bonchev–Trinajstić information content (AvgIpc) is 2.32. The molecule has 1 aliphatic carbocycles. The van der Waals surface area contributed by atoms with Crippen LogP contribution in [0.2, 0.25) is 0 Å². The highest BCUT2D eigenvalue weighted by Crippen LogP contribution is 2.24. The van der Waals surface area contributed by atoms with E-state index in [1.807, 2.05) is 0 Å². The van der Waals surface area contributed by atoms with Crippen LogP contribution in [0, 0.1) is 5.92 Å². The van der Waals surface area contributed by atoms with E-state index in [1.54, 1.807) is 6.92 Å². The van der Waals surface area contributed by atoms with Gasteiger partial charge in [-0.05, 0) is 25.7 Å². The van der Waals surface area contributed by atoms with Gasteiger partial charge in [0.1, 0.15) is 5.76 Å². The zero-order valence-electron chi connectivity index (χ0n) is 11.7. The first-order valence-electron chi connectivity index (χ1n) is 6.90. The SMILES string of the molecule is C=C(C)ONCC/N=C(/NCCO)NCC1CCC1. The summed E-state index contributed by atoms with van der Waals surface area (Å²) >= 11 is 0. The van der Waals surface area contributed by atoms with Crippen LogP contribution in [0.1, 0.15) is 26.2 Å². The monoisotopic (exact) mass is 270 g/mol. The summed E-state index contributed by atoms with van der Waals surface area (Å²) in [4.78, 5) is 9.43. The Morgan fingerprint density at radius 3 is 2.74 bits per heavy atom. The predicted molar refractivity (Wildman–Crippen MR) is 76.6 cm³/mol. The minimum absolute atomic E-state index is 0.0984. The molecule has 0 saturated heterocycles. The molecular formula is C13H26N4O2. The van der Waals surface area contributed by atoms with E-state index in [1.165, 1.54) is 19.3 Å². The average molecular weight is 270 g/mol. The first kappa shape index (κ1) is 15.8. The molecule has 0 aromatic rings. The van der Waals surface area contributed by atoms with E-state index >= 15 is 0 Å². The highest BCUT2D eigenvalue weighted by atomic mass is 16.6. The summed E-state index contributed by atoms with van der Waals surface area (Å²) in [6, 6.07) is 0. The smallest absolute Gasteiger partial charge is 0.191 e. The Bertz CT molecular complexity index is 290. The van der Waals surface area contributed by atoms with Gasteiger partial charge in [-0.1, -0.05) is 13.0 Å².